The number of hydrogen-bond acceptors (Lipinski definition) is 5. The first kappa shape index (κ1) is 21.5. The molecule has 1 unspecified atom stereocenters. The second kappa shape index (κ2) is 8.87. The minimum Gasteiger partial charge on any atom is -0.337 e. The molecule has 1 aromatic carbocycles. The molecule has 2 aliphatic rings. The molecule has 32 heavy (non-hydrogen) atoms. The molecule has 0 radical (unpaired) electrons. The van der Waals surface area contributed by atoms with Crippen LogP contribution in [0.25, 0.3) is 10.2 Å². The second-order valence-corrected chi connectivity index (χ2v) is 10.9. The first-order chi connectivity index (χ1) is 15.6. The fraction of sp³-hybridized carbons (Fsp3) is 0.400. The predicted octanol–water partition coefficient (Wildman–Crippen LogP) is 4.59. The maximum Gasteiger partial charge on any atom is 0.263 e. The molecule has 1 aliphatic heterocycles. The quantitative estimate of drug-likeness (QED) is 0.314. The van der Waals surface area contributed by atoms with Crippen LogP contribution in [0, 0.1) is 0 Å². The summed E-state index contributed by atoms with van der Waals surface area (Å²) in [7, 11) is 0. The van der Waals surface area contributed by atoms with Crippen LogP contribution >= 0.6 is 23.1 Å². The van der Waals surface area contributed by atoms with Gasteiger partial charge in [0.1, 0.15) is 4.83 Å². The largest absolute Gasteiger partial charge is 0.337 e. The van der Waals surface area contributed by atoms with Gasteiger partial charge in [-0.1, -0.05) is 42.1 Å². The third-order valence-electron chi connectivity index (χ3n) is 6.42. The first-order valence-electron chi connectivity index (χ1n) is 11.2. The molecule has 0 spiro atoms. The van der Waals surface area contributed by atoms with Crippen molar-refractivity contribution in [3.8, 4) is 0 Å². The Hall–Kier alpha value is -2.38. The highest BCUT2D eigenvalue weighted by molar-refractivity contribution is 8.00. The summed E-state index contributed by atoms with van der Waals surface area (Å²) in [6, 6.07) is 8.32. The number of carbonyl (C=O) groups is 1. The molecule has 3 heterocycles. The van der Waals surface area contributed by atoms with Crippen LogP contribution in [-0.4, -0.2) is 32.2 Å². The van der Waals surface area contributed by atoms with Crippen molar-refractivity contribution < 1.29 is 4.79 Å². The molecule has 0 saturated heterocycles. The maximum absolute atomic E-state index is 13.4. The van der Waals surface area contributed by atoms with Crippen molar-refractivity contribution in [2.75, 3.05) is 6.54 Å². The molecular formula is C25H27N3O2S2. The number of nitrogens with zero attached hydrogens (tertiary/aromatic N) is 3. The van der Waals surface area contributed by atoms with Crippen molar-refractivity contribution in [1.82, 2.24) is 14.5 Å². The smallest absolute Gasteiger partial charge is 0.263 e. The zero-order valence-electron chi connectivity index (χ0n) is 18.3. The topological polar surface area (TPSA) is 55.2 Å². The van der Waals surface area contributed by atoms with Crippen molar-refractivity contribution in [3.05, 3.63) is 68.8 Å². The number of aryl methyl sites for hydroxylation is 2. The Bertz CT molecular complexity index is 1260. The number of rotatable bonds is 5. The summed E-state index contributed by atoms with van der Waals surface area (Å²) in [5.74, 6) is 0.0921. The molecule has 166 valence electrons. The van der Waals surface area contributed by atoms with Crippen LogP contribution in [0.15, 0.2) is 46.9 Å². The molecule has 0 saturated carbocycles. The predicted molar refractivity (Wildman–Crippen MR) is 132 cm³/mol. The zero-order chi connectivity index (χ0) is 22.2. The van der Waals surface area contributed by atoms with E-state index in [2.05, 4.69) is 24.8 Å². The molecule has 0 N–H and O–H groups in total. The van der Waals surface area contributed by atoms with E-state index >= 15 is 0 Å². The number of benzene rings is 1. The van der Waals surface area contributed by atoms with Gasteiger partial charge in [-0.3, -0.25) is 14.2 Å². The van der Waals surface area contributed by atoms with Crippen LogP contribution in [-0.2, 0) is 37.1 Å². The van der Waals surface area contributed by atoms with Gasteiger partial charge in [0.2, 0.25) is 5.91 Å². The molecule has 1 aliphatic carbocycles. The van der Waals surface area contributed by atoms with Crippen molar-refractivity contribution in [2.45, 2.75) is 62.5 Å². The van der Waals surface area contributed by atoms with Gasteiger partial charge in [-0.25, -0.2) is 4.98 Å². The van der Waals surface area contributed by atoms with Crippen molar-refractivity contribution in [1.29, 1.82) is 0 Å². The van der Waals surface area contributed by atoms with Crippen molar-refractivity contribution in [2.24, 2.45) is 0 Å². The second-order valence-electron chi connectivity index (χ2n) is 8.53. The number of allylic oxidation sites excluding steroid dienone is 1. The lowest BCUT2D eigenvalue weighted by Gasteiger charge is -2.30. The van der Waals surface area contributed by atoms with E-state index in [-0.39, 0.29) is 16.7 Å². The fourth-order valence-electron chi connectivity index (χ4n) is 4.75. The average molecular weight is 466 g/mol. The number of thiophene rings is 1. The van der Waals surface area contributed by atoms with Gasteiger partial charge in [0.25, 0.3) is 5.56 Å². The van der Waals surface area contributed by atoms with Crippen LogP contribution in [0.4, 0.5) is 0 Å². The van der Waals surface area contributed by atoms with E-state index in [1.165, 1.54) is 39.8 Å². The third kappa shape index (κ3) is 3.82. The van der Waals surface area contributed by atoms with E-state index in [1.807, 2.05) is 17.9 Å². The molecule has 5 rings (SSSR count). The van der Waals surface area contributed by atoms with Gasteiger partial charge in [0, 0.05) is 24.5 Å². The van der Waals surface area contributed by atoms with Crippen LogP contribution in [0.3, 0.4) is 0 Å². The first-order valence-corrected chi connectivity index (χ1v) is 12.9. The molecule has 7 heteroatoms. The summed E-state index contributed by atoms with van der Waals surface area (Å²) >= 11 is 3.04. The van der Waals surface area contributed by atoms with Gasteiger partial charge in [0.15, 0.2) is 5.16 Å². The number of thioether (sulfide) groups is 1. The average Bonchev–Trinajstić information content (AvgIpc) is 3.19. The fourth-order valence-corrected chi connectivity index (χ4v) is 7.05. The summed E-state index contributed by atoms with van der Waals surface area (Å²) < 4.78 is 1.69. The monoisotopic (exact) mass is 465 g/mol. The Balaban J connectivity index is 1.44. The SMILES string of the molecule is C=CCn1c(SC(C)C(=O)N2CCc3ccccc3C2)nc2sc3c(c2c1=O)CCCC3. The molecule has 0 bridgehead atoms. The molecular weight excluding hydrogens is 438 g/mol. The zero-order valence-corrected chi connectivity index (χ0v) is 19.9. The minimum atomic E-state index is -0.324. The lowest BCUT2D eigenvalue weighted by atomic mass is 9.97. The van der Waals surface area contributed by atoms with Gasteiger partial charge in [-0.15, -0.1) is 17.9 Å². The summed E-state index contributed by atoms with van der Waals surface area (Å²) in [6.07, 6.45) is 6.90. The number of fused-ring (bicyclic) bond motifs is 4. The van der Waals surface area contributed by atoms with Gasteiger partial charge in [-0.05, 0) is 55.7 Å². The van der Waals surface area contributed by atoms with Crippen molar-refractivity contribution >= 4 is 39.2 Å². The molecule has 1 amide bonds. The number of aromatic nitrogens is 2. The van der Waals surface area contributed by atoms with Gasteiger partial charge in [0.05, 0.1) is 10.6 Å². The van der Waals surface area contributed by atoms with Gasteiger partial charge in [-0.2, -0.15) is 0 Å². The Morgan fingerprint density at radius 2 is 2.03 bits per heavy atom. The Morgan fingerprint density at radius 1 is 1.25 bits per heavy atom. The number of carbonyl (C=O) groups excluding carboxylic acids is 1. The van der Waals surface area contributed by atoms with E-state index < -0.39 is 0 Å². The van der Waals surface area contributed by atoms with E-state index in [0.717, 1.165) is 42.4 Å². The van der Waals surface area contributed by atoms with E-state index in [9.17, 15) is 9.59 Å². The summed E-state index contributed by atoms with van der Waals surface area (Å²) in [5.41, 5.74) is 3.74. The summed E-state index contributed by atoms with van der Waals surface area (Å²) in [6.45, 7) is 7.52. The van der Waals surface area contributed by atoms with E-state index in [4.69, 9.17) is 4.98 Å². The Labute approximate surface area is 196 Å². The van der Waals surface area contributed by atoms with Crippen molar-refractivity contribution in [3.63, 3.8) is 0 Å². The highest BCUT2D eigenvalue weighted by Crippen LogP contribution is 2.35. The summed E-state index contributed by atoms with van der Waals surface area (Å²) in [5, 5.41) is 1.07. The summed E-state index contributed by atoms with van der Waals surface area (Å²) in [4.78, 5) is 35.6. The number of hydrogen-bond donors (Lipinski definition) is 0. The Kier molecular flexibility index (Phi) is 5.95. The lowest BCUT2D eigenvalue weighted by molar-refractivity contribution is -0.131. The van der Waals surface area contributed by atoms with Gasteiger partial charge < -0.3 is 4.90 Å². The molecule has 5 nitrogen and oxygen atoms in total. The molecule has 0 fully saturated rings. The van der Waals surface area contributed by atoms with Crippen LogP contribution in [0.5, 0.6) is 0 Å². The van der Waals surface area contributed by atoms with Crippen LogP contribution < -0.4 is 5.56 Å². The highest BCUT2D eigenvalue weighted by atomic mass is 32.2. The standard InChI is InChI=1S/C25H27N3O2S2/c1-3-13-28-24(30)21-19-10-6-7-11-20(19)32-22(21)26-25(28)31-16(2)23(29)27-14-12-17-8-4-5-9-18(17)15-27/h3-5,8-9,16H,1,6-7,10-15H2,2H3. The molecule has 1 atom stereocenters. The minimum absolute atomic E-state index is 0.00310. The van der Waals surface area contributed by atoms with Crippen LogP contribution in [0.1, 0.15) is 41.3 Å². The lowest BCUT2D eigenvalue weighted by Crippen LogP contribution is -2.40. The Morgan fingerprint density at radius 3 is 2.84 bits per heavy atom. The maximum atomic E-state index is 13.4. The van der Waals surface area contributed by atoms with Gasteiger partial charge >= 0.3 is 0 Å². The molecule has 2 aromatic heterocycles. The normalized spacial score (nSPS) is 16.5. The number of amides is 1. The molecule has 3 aromatic rings. The third-order valence-corrected chi connectivity index (χ3v) is 8.69. The van der Waals surface area contributed by atoms with E-state index in [1.54, 1.807) is 22.0 Å². The highest BCUT2D eigenvalue weighted by Gasteiger charge is 2.28. The van der Waals surface area contributed by atoms with Crippen LogP contribution in [0.2, 0.25) is 0 Å². The van der Waals surface area contributed by atoms with E-state index in [0.29, 0.717) is 18.2 Å².